The first-order valence-electron chi connectivity index (χ1n) is 5.38. The maximum absolute atomic E-state index is 13.5. The van der Waals surface area contributed by atoms with Crippen molar-refractivity contribution < 1.29 is 9.13 Å². The van der Waals surface area contributed by atoms with Crippen LogP contribution >= 0.6 is 0 Å². The Balaban J connectivity index is 2.15. The third-order valence-corrected chi connectivity index (χ3v) is 2.42. The molecule has 0 amide bonds. The summed E-state index contributed by atoms with van der Waals surface area (Å²) in [5, 5.41) is 2.80. The number of hydrazine groups is 1. The Morgan fingerprint density at radius 1 is 1.53 bits per heavy atom. The Labute approximate surface area is 98.8 Å². The lowest BCUT2D eigenvalue weighted by atomic mass is 10.3. The van der Waals surface area contributed by atoms with Crippen LogP contribution in [0, 0.1) is 5.82 Å². The second kappa shape index (κ2) is 5.01. The van der Waals surface area contributed by atoms with E-state index in [1.807, 2.05) is 0 Å². The minimum atomic E-state index is -0.385. The first-order chi connectivity index (χ1) is 8.22. The van der Waals surface area contributed by atoms with Gasteiger partial charge in [0.2, 0.25) is 5.96 Å². The third kappa shape index (κ3) is 3.07. The number of rotatable bonds is 3. The van der Waals surface area contributed by atoms with Crippen LogP contribution in [-0.4, -0.2) is 19.1 Å². The average molecular weight is 238 g/mol. The van der Waals surface area contributed by atoms with Gasteiger partial charge in [-0.3, -0.25) is 5.43 Å². The quantitative estimate of drug-likeness (QED) is 0.320. The summed E-state index contributed by atoms with van der Waals surface area (Å²) in [6.07, 6.45) is 2.10. The van der Waals surface area contributed by atoms with Crippen LogP contribution in [-0.2, 0) is 0 Å². The van der Waals surface area contributed by atoms with E-state index in [4.69, 9.17) is 10.6 Å². The molecular weight excluding hydrogens is 223 g/mol. The molecule has 0 spiro atoms. The molecule has 0 aromatic heterocycles. The number of halogens is 1. The molecule has 0 unspecified atom stereocenters. The maximum Gasteiger partial charge on any atom is 0.210 e. The molecule has 1 aliphatic carbocycles. The second-order valence-electron chi connectivity index (χ2n) is 3.82. The third-order valence-electron chi connectivity index (χ3n) is 2.42. The summed E-state index contributed by atoms with van der Waals surface area (Å²) in [5.74, 6) is 5.86. The van der Waals surface area contributed by atoms with Gasteiger partial charge in [0.25, 0.3) is 0 Å². The summed E-state index contributed by atoms with van der Waals surface area (Å²) in [6.45, 7) is 0. The van der Waals surface area contributed by atoms with Gasteiger partial charge in [-0.15, -0.1) is 0 Å². The Morgan fingerprint density at radius 3 is 2.88 bits per heavy atom. The fourth-order valence-corrected chi connectivity index (χ4v) is 1.35. The number of hydrogen-bond acceptors (Lipinski definition) is 3. The number of nitrogens with zero attached hydrogens (tertiary/aromatic N) is 1. The topological polar surface area (TPSA) is 71.7 Å². The van der Waals surface area contributed by atoms with Gasteiger partial charge in [-0.25, -0.2) is 15.2 Å². The molecule has 1 aromatic carbocycles. The van der Waals surface area contributed by atoms with Crippen molar-refractivity contribution in [1.29, 1.82) is 0 Å². The van der Waals surface area contributed by atoms with Crippen LogP contribution in [0.15, 0.2) is 23.2 Å². The Bertz CT molecular complexity index is 431. The fourth-order valence-electron chi connectivity index (χ4n) is 1.35. The zero-order valence-corrected chi connectivity index (χ0v) is 9.53. The molecule has 0 aliphatic heterocycles. The molecule has 0 bridgehead atoms. The molecule has 0 atom stereocenters. The van der Waals surface area contributed by atoms with Gasteiger partial charge in [-0.2, -0.15) is 0 Å². The predicted molar refractivity (Wildman–Crippen MR) is 64.4 cm³/mol. The van der Waals surface area contributed by atoms with E-state index in [1.54, 1.807) is 12.1 Å². The Kier molecular flexibility index (Phi) is 3.43. The zero-order valence-electron chi connectivity index (χ0n) is 9.53. The zero-order chi connectivity index (χ0) is 12.3. The second-order valence-corrected chi connectivity index (χ2v) is 3.82. The summed E-state index contributed by atoms with van der Waals surface area (Å²) >= 11 is 0. The number of aliphatic imine (C=N–C) groups is 1. The van der Waals surface area contributed by atoms with Crippen molar-refractivity contribution in [2.45, 2.75) is 18.9 Å². The minimum absolute atomic E-state index is 0.279. The van der Waals surface area contributed by atoms with Crippen LogP contribution in [0.25, 0.3) is 0 Å². The largest absolute Gasteiger partial charge is 0.497 e. The van der Waals surface area contributed by atoms with E-state index in [0.29, 0.717) is 17.8 Å². The van der Waals surface area contributed by atoms with Crippen LogP contribution in [0.4, 0.5) is 10.1 Å². The van der Waals surface area contributed by atoms with Gasteiger partial charge in [0, 0.05) is 6.07 Å². The number of hydrogen-bond donors (Lipinski definition) is 3. The van der Waals surface area contributed by atoms with Crippen molar-refractivity contribution in [1.82, 2.24) is 5.43 Å². The van der Waals surface area contributed by atoms with Crippen LogP contribution in [0.3, 0.4) is 0 Å². The number of nitrogens with one attached hydrogen (secondary N) is 2. The Morgan fingerprint density at radius 2 is 2.29 bits per heavy atom. The van der Waals surface area contributed by atoms with Gasteiger partial charge >= 0.3 is 0 Å². The van der Waals surface area contributed by atoms with Crippen LogP contribution in [0.5, 0.6) is 5.75 Å². The maximum atomic E-state index is 13.5. The average Bonchev–Trinajstić information content (AvgIpc) is 3.14. The van der Waals surface area contributed by atoms with Gasteiger partial charge in [0.05, 0.1) is 18.8 Å². The monoisotopic (exact) mass is 238 g/mol. The molecular formula is C11H15FN4O. The van der Waals surface area contributed by atoms with E-state index in [-0.39, 0.29) is 11.5 Å². The number of guanidine groups is 1. The predicted octanol–water partition coefficient (Wildman–Crippen LogP) is 1.23. The first kappa shape index (κ1) is 11.7. The summed E-state index contributed by atoms with van der Waals surface area (Å²) in [7, 11) is 1.53. The number of anilines is 1. The minimum Gasteiger partial charge on any atom is -0.497 e. The van der Waals surface area contributed by atoms with E-state index in [9.17, 15) is 4.39 Å². The van der Waals surface area contributed by atoms with Crippen molar-refractivity contribution in [2.75, 3.05) is 12.4 Å². The molecule has 0 heterocycles. The van der Waals surface area contributed by atoms with Crippen LogP contribution < -0.4 is 21.3 Å². The number of benzene rings is 1. The highest BCUT2D eigenvalue weighted by atomic mass is 19.1. The normalized spacial score (nSPS) is 15.6. The summed E-state index contributed by atoms with van der Waals surface area (Å²) in [5.41, 5.74) is 2.70. The molecule has 1 aromatic rings. The van der Waals surface area contributed by atoms with Crippen molar-refractivity contribution >= 4 is 11.6 Å². The van der Waals surface area contributed by atoms with Crippen molar-refractivity contribution in [2.24, 2.45) is 10.8 Å². The molecule has 5 nitrogen and oxygen atoms in total. The molecule has 1 fully saturated rings. The SMILES string of the molecule is COc1ccc(F)c(NC(=NC2CC2)NN)c1. The molecule has 4 N–H and O–H groups in total. The van der Waals surface area contributed by atoms with Crippen LogP contribution in [0.2, 0.25) is 0 Å². The van der Waals surface area contributed by atoms with E-state index in [2.05, 4.69) is 15.7 Å². The highest BCUT2D eigenvalue weighted by Gasteiger charge is 2.21. The van der Waals surface area contributed by atoms with E-state index in [1.165, 1.54) is 13.2 Å². The number of methoxy groups -OCH3 is 1. The summed E-state index contributed by atoms with van der Waals surface area (Å²) in [4.78, 5) is 4.26. The molecule has 0 saturated heterocycles. The smallest absolute Gasteiger partial charge is 0.210 e. The molecule has 17 heavy (non-hydrogen) atoms. The van der Waals surface area contributed by atoms with E-state index >= 15 is 0 Å². The summed E-state index contributed by atoms with van der Waals surface area (Å²) in [6, 6.07) is 4.72. The molecule has 1 saturated carbocycles. The van der Waals surface area contributed by atoms with E-state index in [0.717, 1.165) is 12.8 Å². The molecule has 6 heteroatoms. The van der Waals surface area contributed by atoms with Crippen molar-refractivity contribution in [3.8, 4) is 5.75 Å². The number of nitrogens with two attached hydrogens (primary N) is 1. The highest BCUT2D eigenvalue weighted by molar-refractivity contribution is 5.93. The van der Waals surface area contributed by atoms with Gasteiger partial charge in [-0.1, -0.05) is 0 Å². The lowest BCUT2D eigenvalue weighted by molar-refractivity contribution is 0.414. The lowest BCUT2D eigenvalue weighted by Crippen LogP contribution is -2.36. The van der Waals surface area contributed by atoms with Gasteiger partial charge < -0.3 is 10.1 Å². The standard InChI is InChI=1S/C11H15FN4O/c1-17-8-4-5-9(12)10(6-8)15-11(16-13)14-7-2-3-7/h4-7H,2-3,13H2,1H3,(H2,14,15,16). The first-order valence-corrected chi connectivity index (χ1v) is 5.38. The van der Waals surface area contributed by atoms with Crippen molar-refractivity contribution in [3.63, 3.8) is 0 Å². The highest BCUT2D eigenvalue weighted by Crippen LogP contribution is 2.24. The molecule has 92 valence electrons. The van der Waals surface area contributed by atoms with Gasteiger partial charge in [0.15, 0.2) is 0 Å². The van der Waals surface area contributed by atoms with Crippen molar-refractivity contribution in [3.05, 3.63) is 24.0 Å². The fraction of sp³-hybridized carbons (Fsp3) is 0.364. The van der Waals surface area contributed by atoms with Crippen LogP contribution in [0.1, 0.15) is 12.8 Å². The Hall–Kier alpha value is -1.82. The molecule has 1 aliphatic rings. The molecule has 0 radical (unpaired) electrons. The van der Waals surface area contributed by atoms with E-state index < -0.39 is 0 Å². The van der Waals surface area contributed by atoms with Gasteiger partial charge in [0.1, 0.15) is 11.6 Å². The van der Waals surface area contributed by atoms with Gasteiger partial charge in [-0.05, 0) is 25.0 Å². The molecule has 2 rings (SSSR count). The lowest BCUT2D eigenvalue weighted by Gasteiger charge is -2.11. The summed E-state index contributed by atoms with van der Waals surface area (Å²) < 4.78 is 18.5. The number of ether oxygens (including phenoxy) is 1.